The van der Waals surface area contributed by atoms with E-state index < -0.39 is 0 Å². The van der Waals surface area contributed by atoms with Crippen LogP contribution in [-0.4, -0.2) is 22.8 Å². The molecule has 3 nitrogen and oxygen atoms in total. The number of ketones is 2. The third-order valence-corrected chi connectivity index (χ3v) is 8.15. The molecule has 4 aliphatic rings. The van der Waals surface area contributed by atoms with Gasteiger partial charge in [0.25, 0.3) is 0 Å². The Kier molecular flexibility index (Phi) is 3.15. The predicted octanol–water partition coefficient (Wildman–Crippen LogP) is 3.14. The Morgan fingerprint density at radius 3 is 2.59 bits per heavy atom. The molecule has 0 heterocycles. The zero-order valence-electron chi connectivity index (χ0n) is 13.8. The Morgan fingerprint density at radius 1 is 1.05 bits per heavy atom. The minimum atomic E-state index is -0.228. The van der Waals surface area contributed by atoms with Crippen LogP contribution in [0.1, 0.15) is 65.2 Å². The van der Waals surface area contributed by atoms with Crippen molar-refractivity contribution in [1.29, 1.82) is 0 Å². The van der Waals surface area contributed by atoms with Gasteiger partial charge >= 0.3 is 0 Å². The number of carbonyl (C=O) groups is 2. The molecule has 4 rings (SSSR count). The van der Waals surface area contributed by atoms with Gasteiger partial charge in [-0.25, -0.2) is 0 Å². The fraction of sp³-hybridized carbons (Fsp3) is 0.895. The predicted molar refractivity (Wildman–Crippen MR) is 83.1 cm³/mol. The Morgan fingerprint density at radius 2 is 1.82 bits per heavy atom. The molecule has 0 unspecified atom stereocenters. The van der Waals surface area contributed by atoms with E-state index in [0.29, 0.717) is 36.2 Å². The monoisotopic (exact) mass is 304 g/mol. The van der Waals surface area contributed by atoms with E-state index in [1.54, 1.807) is 0 Å². The molecule has 0 aromatic rings. The lowest BCUT2D eigenvalue weighted by Crippen LogP contribution is -2.57. The fourth-order valence-corrected chi connectivity index (χ4v) is 6.68. The summed E-state index contributed by atoms with van der Waals surface area (Å²) in [5.74, 6) is 1.99. The number of Topliss-reactive ketones (excluding diaryl/α,β-unsaturated/α-hetero) is 2. The second kappa shape index (κ2) is 4.66. The molecular weight excluding hydrogens is 276 g/mol. The van der Waals surface area contributed by atoms with E-state index in [-0.39, 0.29) is 28.8 Å². The molecule has 0 aromatic heterocycles. The Labute approximate surface area is 132 Å². The number of hydrogen-bond acceptors (Lipinski definition) is 3. The van der Waals surface area contributed by atoms with E-state index in [0.717, 1.165) is 38.5 Å². The lowest BCUT2D eigenvalue weighted by Gasteiger charge is -2.59. The summed E-state index contributed by atoms with van der Waals surface area (Å²) in [5.41, 5.74) is -0.0288. The van der Waals surface area contributed by atoms with Crippen LogP contribution in [0.3, 0.4) is 0 Å². The minimum absolute atomic E-state index is 0.113. The van der Waals surface area contributed by atoms with Crippen LogP contribution < -0.4 is 0 Å². The molecule has 22 heavy (non-hydrogen) atoms. The van der Waals surface area contributed by atoms with Gasteiger partial charge < -0.3 is 5.11 Å². The largest absolute Gasteiger partial charge is 0.393 e. The third kappa shape index (κ3) is 1.78. The lowest BCUT2D eigenvalue weighted by molar-refractivity contribution is -0.160. The van der Waals surface area contributed by atoms with Gasteiger partial charge in [-0.05, 0) is 61.7 Å². The molecule has 0 amide bonds. The fourth-order valence-electron chi connectivity index (χ4n) is 6.68. The molecule has 0 bridgehead atoms. The van der Waals surface area contributed by atoms with Crippen molar-refractivity contribution in [3.63, 3.8) is 0 Å². The molecule has 1 N–H and O–H groups in total. The first-order valence-corrected chi connectivity index (χ1v) is 9.10. The van der Waals surface area contributed by atoms with Crippen LogP contribution in [0.4, 0.5) is 0 Å². The summed E-state index contributed by atoms with van der Waals surface area (Å²) < 4.78 is 0. The molecule has 0 aromatic carbocycles. The average Bonchev–Trinajstić information content (AvgIpc) is 2.77. The van der Waals surface area contributed by atoms with Crippen LogP contribution in [0.25, 0.3) is 0 Å². The molecular formula is C19H28O3. The number of carbonyl (C=O) groups excluding carboxylic acids is 2. The van der Waals surface area contributed by atoms with Gasteiger partial charge in [0.05, 0.1) is 6.10 Å². The first-order valence-electron chi connectivity index (χ1n) is 9.10. The maximum absolute atomic E-state index is 12.9. The molecule has 122 valence electrons. The first kappa shape index (κ1) is 14.9. The number of fused-ring (bicyclic) bond motifs is 5. The third-order valence-electron chi connectivity index (χ3n) is 8.15. The topological polar surface area (TPSA) is 54.4 Å². The lowest BCUT2D eigenvalue weighted by atomic mass is 9.45. The highest BCUT2D eigenvalue weighted by Crippen LogP contribution is 2.64. The molecule has 4 aliphatic carbocycles. The van der Waals surface area contributed by atoms with Crippen LogP contribution >= 0.6 is 0 Å². The first-order chi connectivity index (χ1) is 10.4. The quantitative estimate of drug-likeness (QED) is 0.748. The zero-order valence-corrected chi connectivity index (χ0v) is 13.8. The van der Waals surface area contributed by atoms with Gasteiger partial charge in [0.15, 0.2) is 0 Å². The molecule has 3 heteroatoms. The summed E-state index contributed by atoms with van der Waals surface area (Å²) in [7, 11) is 0. The summed E-state index contributed by atoms with van der Waals surface area (Å²) in [6.45, 7) is 4.49. The smallest absolute Gasteiger partial charge is 0.139 e. The number of aliphatic hydroxyl groups excluding tert-OH is 1. The second-order valence-electron chi connectivity index (χ2n) is 8.96. The molecule has 0 spiro atoms. The maximum atomic E-state index is 12.9. The van der Waals surface area contributed by atoms with Gasteiger partial charge in [-0.15, -0.1) is 0 Å². The summed E-state index contributed by atoms with van der Waals surface area (Å²) in [6.07, 6.45) is 6.73. The Balaban J connectivity index is 1.70. The molecule has 0 saturated heterocycles. The maximum Gasteiger partial charge on any atom is 0.139 e. The summed E-state index contributed by atoms with van der Waals surface area (Å²) in [6, 6.07) is 0. The molecule has 0 aliphatic heterocycles. The highest BCUT2D eigenvalue weighted by molar-refractivity contribution is 5.90. The standard InChI is InChI=1S/C19H28O3/c1-18-7-5-12(20)9-11(18)10-15(21)17-13-3-4-16(22)19(13,2)8-6-14(17)18/h11-14,17,20H,3-10H2,1-2H3/t11-,12-,13+,14-,17-,18-,19+/m1/s1. The van der Waals surface area contributed by atoms with E-state index in [4.69, 9.17) is 0 Å². The van der Waals surface area contributed by atoms with Crippen molar-refractivity contribution in [3.8, 4) is 0 Å². The van der Waals surface area contributed by atoms with Crippen molar-refractivity contribution in [2.24, 2.45) is 34.5 Å². The summed E-state index contributed by atoms with van der Waals surface area (Å²) >= 11 is 0. The van der Waals surface area contributed by atoms with Gasteiger partial charge in [0.1, 0.15) is 11.6 Å². The van der Waals surface area contributed by atoms with Gasteiger partial charge in [0, 0.05) is 24.2 Å². The van der Waals surface area contributed by atoms with Crippen molar-refractivity contribution in [2.45, 2.75) is 71.3 Å². The molecule has 7 atom stereocenters. The van der Waals surface area contributed by atoms with Crippen LogP contribution in [-0.2, 0) is 9.59 Å². The van der Waals surface area contributed by atoms with Crippen molar-refractivity contribution < 1.29 is 14.7 Å². The minimum Gasteiger partial charge on any atom is -0.393 e. The van der Waals surface area contributed by atoms with Gasteiger partial charge in [-0.1, -0.05) is 13.8 Å². The normalized spacial score (nSPS) is 54.6. The Bertz CT molecular complexity index is 527. The highest BCUT2D eigenvalue weighted by Gasteiger charge is 2.62. The molecule has 4 saturated carbocycles. The van der Waals surface area contributed by atoms with Crippen LogP contribution in [0, 0.1) is 34.5 Å². The van der Waals surface area contributed by atoms with E-state index in [9.17, 15) is 14.7 Å². The summed E-state index contributed by atoms with van der Waals surface area (Å²) in [4.78, 5) is 25.3. The molecule has 4 fully saturated rings. The van der Waals surface area contributed by atoms with Crippen LogP contribution in [0.15, 0.2) is 0 Å². The van der Waals surface area contributed by atoms with E-state index >= 15 is 0 Å². The number of rotatable bonds is 0. The van der Waals surface area contributed by atoms with Crippen LogP contribution in [0.2, 0.25) is 0 Å². The Hall–Kier alpha value is -0.700. The summed E-state index contributed by atoms with van der Waals surface area (Å²) in [5, 5.41) is 10.0. The van der Waals surface area contributed by atoms with Gasteiger partial charge in [-0.3, -0.25) is 9.59 Å². The second-order valence-corrected chi connectivity index (χ2v) is 8.96. The highest BCUT2D eigenvalue weighted by atomic mass is 16.3. The SMILES string of the molecule is C[C@@]12CC[C@@H](O)C[C@@H]1CC(=O)[C@H]1[C@H]2CC[C@]2(C)C(=O)CC[C@@H]12. The number of aliphatic hydroxyl groups is 1. The van der Waals surface area contributed by atoms with Gasteiger partial charge in [0.2, 0.25) is 0 Å². The van der Waals surface area contributed by atoms with E-state index in [2.05, 4.69) is 13.8 Å². The van der Waals surface area contributed by atoms with Gasteiger partial charge in [-0.2, -0.15) is 0 Å². The number of hydrogen-bond donors (Lipinski definition) is 1. The van der Waals surface area contributed by atoms with E-state index in [1.165, 1.54) is 0 Å². The average molecular weight is 304 g/mol. The van der Waals surface area contributed by atoms with Crippen molar-refractivity contribution in [3.05, 3.63) is 0 Å². The molecule has 0 radical (unpaired) electrons. The van der Waals surface area contributed by atoms with E-state index in [1.807, 2.05) is 0 Å². The van der Waals surface area contributed by atoms with Crippen molar-refractivity contribution in [1.82, 2.24) is 0 Å². The van der Waals surface area contributed by atoms with Crippen molar-refractivity contribution >= 4 is 11.6 Å². The zero-order chi connectivity index (χ0) is 15.7. The van der Waals surface area contributed by atoms with Crippen LogP contribution in [0.5, 0.6) is 0 Å². The van der Waals surface area contributed by atoms with Crippen molar-refractivity contribution in [2.75, 3.05) is 0 Å².